The maximum atomic E-state index is 12.5. The number of aromatic nitrogens is 1. The van der Waals surface area contributed by atoms with Crippen LogP contribution in [0.25, 0.3) is 21.0 Å². The Hall–Kier alpha value is -3.45. The molecule has 2 aromatic heterocycles. The van der Waals surface area contributed by atoms with Crippen LogP contribution in [0.1, 0.15) is 22.2 Å². The molecule has 0 unspecified atom stereocenters. The second-order valence-electron chi connectivity index (χ2n) is 5.81. The Bertz CT molecular complexity index is 1080. The average Bonchev–Trinajstić information content (AvgIpc) is 3.33. The van der Waals surface area contributed by atoms with Crippen molar-refractivity contribution in [2.45, 2.75) is 6.04 Å². The molecule has 0 bridgehead atoms. The normalized spacial score (nSPS) is 12.0. The second-order valence-corrected chi connectivity index (χ2v) is 6.84. The number of fused-ring (bicyclic) bond motifs is 1. The first-order chi connectivity index (χ1) is 13.1. The van der Waals surface area contributed by atoms with E-state index in [4.69, 9.17) is 4.42 Å². The van der Waals surface area contributed by atoms with Gasteiger partial charge in [0.2, 0.25) is 0 Å². The van der Waals surface area contributed by atoms with Crippen molar-refractivity contribution >= 4 is 33.4 Å². The summed E-state index contributed by atoms with van der Waals surface area (Å²) < 4.78 is 6.64. The van der Waals surface area contributed by atoms with Gasteiger partial charge in [-0.05, 0) is 29.8 Å². The fourth-order valence-electron chi connectivity index (χ4n) is 2.69. The molecule has 4 aromatic rings. The molecular formula is C20H14N2O4S. The molecule has 0 saturated heterocycles. The Morgan fingerprint density at radius 1 is 1.00 bits per heavy atom. The topological polar surface area (TPSA) is 92.4 Å². The second kappa shape index (κ2) is 7.05. The van der Waals surface area contributed by atoms with Gasteiger partial charge in [-0.2, -0.15) is 0 Å². The molecule has 1 atom stereocenters. The molecule has 0 aliphatic heterocycles. The van der Waals surface area contributed by atoms with Crippen LogP contribution in [0.15, 0.2) is 71.1 Å². The number of nitrogens with zero attached hydrogens (tertiary/aromatic N) is 1. The van der Waals surface area contributed by atoms with Crippen molar-refractivity contribution in [1.82, 2.24) is 10.3 Å². The van der Waals surface area contributed by atoms with E-state index >= 15 is 0 Å². The standard InChI is InChI=1S/C20H14N2O4S/c23-18(22-17(20(24)25)12-6-2-1-3-7-12)14-10-11-15(26-14)19-21-13-8-4-5-9-16(13)27-19/h1-11,17H,(H,22,23)(H,24,25)/t17-/m0/s1. The van der Waals surface area contributed by atoms with Gasteiger partial charge in [0.25, 0.3) is 5.91 Å². The number of rotatable bonds is 5. The van der Waals surface area contributed by atoms with Gasteiger partial charge in [0, 0.05) is 0 Å². The number of furan rings is 1. The van der Waals surface area contributed by atoms with Crippen LogP contribution < -0.4 is 5.32 Å². The average molecular weight is 378 g/mol. The highest BCUT2D eigenvalue weighted by Crippen LogP contribution is 2.31. The highest BCUT2D eigenvalue weighted by Gasteiger charge is 2.24. The molecule has 2 N–H and O–H groups in total. The van der Waals surface area contributed by atoms with Crippen LogP contribution in [0.5, 0.6) is 0 Å². The van der Waals surface area contributed by atoms with Crippen molar-refractivity contribution < 1.29 is 19.1 Å². The highest BCUT2D eigenvalue weighted by molar-refractivity contribution is 7.21. The highest BCUT2D eigenvalue weighted by atomic mass is 32.1. The van der Waals surface area contributed by atoms with Crippen molar-refractivity contribution in [1.29, 1.82) is 0 Å². The summed E-state index contributed by atoms with van der Waals surface area (Å²) in [4.78, 5) is 28.5. The molecule has 0 spiro atoms. The zero-order chi connectivity index (χ0) is 18.8. The van der Waals surface area contributed by atoms with Crippen LogP contribution in [0.3, 0.4) is 0 Å². The number of carbonyl (C=O) groups excluding carboxylic acids is 1. The Balaban J connectivity index is 1.57. The van der Waals surface area contributed by atoms with Crippen LogP contribution in [0, 0.1) is 0 Å². The number of hydrogen-bond donors (Lipinski definition) is 2. The number of carboxylic acid groups (broad SMARTS) is 1. The van der Waals surface area contributed by atoms with Gasteiger partial charge in [-0.25, -0.2) is 9.78 Å². The molecule has 2 aromatic carbocycles. The van der Waals surface area contributed by atoms with Gasteiger partial charge in [-0.3, -0.25) is 4.79 Å². The number of amides is 1. The van der Waals surface area contributed by atoms with Gasteiger partial charge in [0.1, 0.15) is 0 Å². The summed E-state index contributed by atoms with van der Waals surface area (Å²) in [5.74, 6) is -1.24. The summed E-state index contributed by atoms with van der Waals surface area (Å²) in [6.07, 6.45) is 0. The van der Waals surface area contributed by atoms with E-state index < -0.39 is 17.9 Å². The molecule has 0 aliphatic carbocycles. The van der Waals surface area contributed by atoms with Gasteiger partial charge in [0.05, 0.1) is 10.2 Å². The van der Waals surface area contributed by atoms with Crippen molar-refractivity contribution in [3.63, 3.8) is 0 Å². The van der Waals surface area contributed by atoms with E-state index in [2.05, 4.69) is 10.3 Å². The molecule has 27 heavy (non-hydrogen) atoms. The molecule has 6 nitrogen and oxygen atoms in total. The fraction of sp³-hybridized carbons (Fsp3) is 0.0500. The summed E-state index contributed by atoms with van der Waals surface area (Å²) in [7, 11) is 0. The number of hydrogen-bond acceptors (Lipinski definition) is 5. The molecule has 7 heteroatoms. The van der Waals surface area contributed by atoms with Crippen LogP contribution in [-0.4, -0.2) is 22.0 Å². The van der Waals surface area contributed by atoms with Gasteiger partial charge in [-0.1, -0.05) is 42.5 Å². The van der Waals surface area contributed by atoms with Gasteiger partial charge >= 0.3 is 5.97 Å². The predicted octanol–water partition coefficient (Wildman–Crippen LogP) is 4.11. The molecule has 0 saturated carbocycles. The lowest BCUT2D eigenvalue weighted by Gasteiger charge is -2.13. The Morgan fingerprint density at radius 2 is 1.74 bits per heavy atom. The molecule has 134 valence electrons. The lowest BCUT2D eigenvalue weighted by Crippen LogP contribution is -2.33. The molecule has 0 radical (unpaired) electrons. The van der Waals surface area contributed by atoms with E-state index in [9.17, 15) is 14.7 Å². The first kappa shape index (κ1) is 17.0. The Kier molecular flexibility index (Phi) is 4.43. The van der Waals surface area contributed by atoms with Crippen LogP contribution in [-0.2, 0) is 4.79 Å². The first-order valence-corrected chi connectivity index (χ1v) is 8.98. The molecule has 1 amide bonds. The lowest BCUT2D eigenvalue weighted by atomic mass is 10.1. The minimum absolute atomic E-state index is 0.0337. The van der Waals surface area contributed by atoms with Crippen LogP contribution in [0.4, 0.5) is 0 Å². The summed E-state index contributed by atoms with van der Waals surface area (Å²) in [5, 5.41) is 12.6. The number of para-hydroxylation sites is 1. The van der Waals surface area contributed by atoms with Crippen LogP contribution in [0.2, 0.25) is 0 Å². The van der Waals surface area contributed by atoms with Gasteiger partial charge in [0.15, 0.2) is 22.6 Å². The zero-order valence-electron chi connectivity index (χ0n) is 14.0. The molecule has 4 rings (SSSR count). The third-order valence-electron chi connectivity index (χ3n) is 3.99. The third kappa shape index (κ3) is 3.45. The minimum atomic E-state index is -1.16. The van der Waals surface area contributed by atoms with E-state index in [-0.39, 0.29) is 5.76 Å². The first-order valence-electron chi connectivity index (χ1n) is 8.16. The lowest BCUT2D eigenvalue weighted by molar-refractivity contribution is -0.139. The quantitative estimate of drug-likeness (QED) is 0.545. The van der Waals surface area contributed by atoms with Gasteiger partial charge < -0.3 is 14.8 Å². The number of thiazole rings is 1. The van der Waals surface area contributed by atoms with Crippen molar-refractivity contribution in [2.75, 3.05) is 0 Å². The van der Waals surface area contributed by atoms with E-state index in [1.54, 1.807) is 36.4 Å². The largest absolute Gasteiger partial charge is 0.479 e. The Labute approximate surface area is 158 Å². The zero-order valence-corrected chi connectivity index (χ0v) is 14.8. The van der Waals surface area contributed by atoms with Crippen molar-refractivity contribution in [3.8, 4) is 10.8 Å². The fourth-order valence-corrected chi connectivity index (χ4v) is 3.62. The number of benzene rings is 2. The maximum Gasteiger partial charge on any atom is 0.330 e. The summed E-state index contributed by atoms with van der Waals surface area (Å²) in [6, 6.07) is 18.2. The predicted molar refractivity (Wildman–Crippen MR) is 102 cm³/mol. The van der Waals surface area contributed by atoms with Crippen molar-refractivity contribution in [3.05, 3.63) is 78.1 Å². The third-order valence-corrected chi connectivity index (χ3v) is 5.04. The molecule has 2 heterocycles. The monoisotopic (exact) mass is 378 g/mol. The van der Waals surface area contributed by atoms with E-state index in [1.807, 2.05) is 24.3 Å². The number of carboxylic acids is 1. The van der Waals surface area contributed by atoms with E-state index in [0.29, 0.717) is 16.3 Å². The minimum Gasteiger partial charge on any atom is -0.479 e. The number of carbonyl (C=O) groups is 2. The maximum absolute atomic E-state index is 12.5. The van der Waals surface area contributed by atoms with E-state index in [0.717, 1.165) is 10.2 Å². The van der Waals surface area contributed by atoms with Gasteiger partial charge in [-0.15, -0.1) is 11.3 Å². The molecule has 0 aliphatic rings. The summed E-state index contributed by atoms with van der Waals surface area (Å²) in [5.41, 5.74) is 1.34. The summed E-state index contributed by atoms with van der Waals surface area (Å²) >= 11 is 1.46. The van der Waals surface area contributed by atoms with Crippen molar-refractivity contribution in [2.24, 2.45) is 0 Å². The number of nitrogens with one attached hydrogen (secondary N) is 1. The molecular weight excluding hydrogens is 364 g/mol. The van der Waals surface area contributed by atoms with E-state index in [1.165, 1.54) is 17.4 Å². The molecule has 0 fully saturated rings. The number of aliphatic carboxylic acids is 1. The SMILES string of the molecule is O=C(N[C@H](C(=O)O)c1ccccc1)c1ccc(-c2nc3ccccc3s2)o1. The van der Waals surface area contributed by atoms with Crippen LogP contribution >= 0.6 is 11.3 Å². The Morgan fingerprint density at radius 3 is 2.48 bits per heavy atom. The summed E-state index contributed by atoms with van der Waals surface area (Å²) in [6.45, 7) is 0. The smallest absolute Gasteiger partial charge is 0.330 e.